The van der Waals surface area contributed by atoms with Crippen LogP contribution in [-0.4, -0.2) is 43.6 Å². The minimum atomic E-state index is -4.78. The van der Waals surface area contributed by atoms with Crippen LogP contribution >= 0.6 is 0 Å². The second-order valence-corrected chi connectivity index (χ2v) is 13.6. The zero-order valence-corrected chi connectivity index (χ0v) is 30.5. The van der Waals surface area contributed by atoms with Gasteiger partial charge in [-0.15, -0.1) is 0 Å². The summed E-state index contributed by atoms with van der Waals surface area (Å²) >= 11 is 0. The highest BCUT2D eigenvalue weighted by atomic mass is 19.4. The maximum atomic E-state index is 15.8. The predicted molar refractivity (Wildman–Crippen MR) is 210 cm³/mol. The summed E-state index contributed by atoms with van der Waals surface area (Å²) in [4.78, 5) is 27.8. The highest BCUT2D eigenvalue weighted by Crippen LogP contribution is 2.42. The van der Waals surface area contributed by atoms with E-state index in [1.54, 1.807) is 60.7 Å². The number of hydrogen-bond donors (Lipinski definition) is 0. The third kappa shape index (κ3) is 6.02. The number of aromatic nitrogens is 9. The number of halogens is 7. The maximum absolute atomic E-state index is 15.8. The monoisotopic (exact) mass is 811 g/mol. The largest absolute Gasteiger partial charge is 0.418 e. The molecule has 0 saturated carbocycles. The fourth-order valence-corrected chi connectivity index (χ4v) is 7.47. The van der Waals surface area contributed by atoms with Gasteiger partial charge in [-0.1, -0.05) is 36.4 Å². The van der Waals surface area contributed by atoms with Crippen LogP contribution in [0.25, 0.3) is 84.7 Å². The molecule has 0 spiro atoms. The highest BCUT2D eigenvalue weighted by molar-refractivity contribution is 5.88. The Morgan fingerprint density at radius 2 is 0.717 bits per heavy atom. The minimum absolute atomic E-state index is 0.00616. The van der Waals surface area contributed by atoms with Crippen LogP contribution < -0.4 is 0 Å². The Bertz CT molecular complexity index is 3140. The fourth-order valence-electron chi connectivity index (χ4n) is 7.47. The SMILES string of the molecule is Fc1ccccc1-n1c(-c2cc(-c3nc4cccnc4n3-c3ccccc3C(F)(F)F)cc(-c3nc4cccnc4n3-c3ccccc3C(F)(F)F)c2)nc2cccnc21. The molecule has 0 N–H and O–H groups in total. The molecule has 0 amide bonds. The van der Waals surface area contributed by atoms with Gasteiger partial charge in [-0.25, -0.2) is 34.3 Å². The zero-order valence-electron chi connectivity index (χ0n) is 30.5. The molecule has 0 fully saturated rings. The van der Waals surface area contributed by atoms with Crippen LogP contribution in [0.4, 0.5) is 30.7 Å². The smallest absolute Gasteiger partial charge is 0.276 e. The molecule has 0 radical (unpaired) electrons. The van der Waals surface area contributed by atoms with Gasteiger partial charge in [0.25, 0.3) is 0 Å². The average molecular weight is 812 g/mol. The molecule has 10 aromatic rings. The van der Waals surface area contributed by atoms with E-state index in [1.165, 1.54) is 86.9 Å². The van der Waals surface area contributed by atoms with Gasteiger partial charge in [0.05, 0.1) is 28.2 Å². The molecule has 9 nitrogen and oxygen atoms in total. The van der Waals surface area contributed by atoms with Crippen molar-refractivity contribution < 1.29 is 30.7 Å². The van der Waals surface area contributed by atoms with Crippen LogP contribution in [0, 0.1) is 5.82 Å². The number of rotatable bonds is 6. The number of benzene rings is 4. The lowest BCUT2D eigenvalue weighted by Crippen LogP contribution is -2.12. The molecule has 6 heterocycles. The number of fused-ring (bicyclic) bond motifs is 3. The van der Waals surface area contributed by atoms with E-state index in [-0.39, 0.29) is 79.2 Å². The molecule has 0 unspecified atom stereocenters. The van der Waals surface area contributed by atoms with Gasteiger partial charge < -0.3 is 0 Å². The van der Waals surface area contributed by atoms with Crippen molar-refractivity contribution in [2.75, 3.05) is 0 Å². The van der Waals surface area contributed by atoms with E-state index >= 15 is 4.39 Å². The van der Waals surface area contributed by atoms with Gasteiger partial charge in [0, 0.05) is 35.3 Å². The van der Waals surface area contributed by atoms with Crippen molar-refractivity contribution in [3.63, 3.8) is 0 Å². The first kappa shape index (κ1) is 36.6. The van der Waals surface area contributed by atoms with Crippen LogP contribution in [0.1, 0.15) is 11.1 Å². The van der Waals surface area contributed by atoms with Gasteiger partial charge in [-0.05, 0) is 91.0 Å². The summed E-state index contributed by atoms with van der Waals surface area (Å²) in [6, 6.07) is 30.5. The summed E-state index contributed by atoms with van der Waals surface area (Å²) in [5, 5.41) is 0. The van der Waals surface area contributed by atoms with Crippen molar-refractivity contribution >= 4 is 33.5 Å². The zero-order chi connectivity index (χ0) is 41.3. The van der Waals surface area contributed by atoms with Crippen molar-refractivity contribution in [2.45, 2.75) is 12.4 Å². The van der Waals surface area contributed by atoms with E-state index < -0.39 is 29.3 Å². The molecule has 10 rings (SSSR count). The molecule has 4 aromatic carbocycles. The first-order chi connectivity index (χ1) is 29.0. The minimum Gasteiger partial charge on any atom is -0.276 e. The fraction of sp³-hybridized carbons (Fsp3) is 0.0455. The van der Waals surface area contributed by atoms with Crippen LogP contribution in [0.5, 0.6) is 0 Å². The van der Waals surface area contributed by atoms with Crippen LogP contribution in [0.15, 0.2) is 146 Å². The Morgan fingerprint density at radius 3 is 1.08 bits per heavy atom. The lowest BCUT2D eigenvalue weighted by molar-refractivity contribution is -0.138. The molecule has 60 heavy (non-hydrogen) atoms. The van der Waals surface area contributed by atoms with E-state index in [9.17, 15) is 26.3 Å². The Balaban J connectivity index is 1.34. The number of nitrogens with zero attached hydrogens (tertiary/aromatic N) is 9. The van der Waals surface area contributed by atoms with Crippen molar-refractivity contribution in [2.24, 2.45) is 0 Å². The lowest BCUT2D eigenvalue weighted by atomic mass is 10.0. The Morgan fingerprint density at radius 1 is 0.383 bits per heavy atom. The molecule has 16 heteroatoms. The molecule has 0 bridgehead atoms. The van der Waals surface area contributed by atoms with Crippen molar-refractivity contribution in [3.8, 4) is 51.2 Å². The lowest BCUT2D eigenvalue weighted by Gasteiger charge is -2.18. The molecular formula is C44H24F7N9. The summed E-state index contributed by atoms with van der Waals surface area (Å²) in [5.41, 5.74) is -0.299. The Kier molecular flexibility index (Phi) is 8.34. The van der Waals surface area contributed by atoms with Crippen LogP contribution in [-0.2, 0) is 12.4 Å². The number of alkyl halides is 6. The first-order valence-electron chi connectivity index (χ1n) is 18.2. The third-order valence-electron chi connectivity index (χ3n) is 9.95. The van der Waals surface area contributed by atoms with Gasteiger partial charge in [-0.3, -0.25) is 13.7 Å². The normalized spacial score (nSPS) is 12.2. The quantitative estimate of drug-likeness (QED) is 0.155. The summed E-state index contributed by atoms with van der Waals surface area (Å²) in [7, 11) is 0. The average Bonchev–Trinajstić information content (AvgIpc) is 3.95. The molecule has 0 aliphatic rings. The number of pyridine rings is 3. The van der Waals surface area contributed by atoms with E-state index in [0.717, 1.165) is 12.1 Å². The van der Waals surface area contributed by atoms with Crippen LogP contribution in [0.3, 0.4) is 0 Å². The number of hydrogen-bond acceptors (Lipinski definition) is 6. The molecule has 6 aromatic heterocycles. The summed E-state index contributed by atoms with van der Waals surface area (Å²) in [5.74, 6) is -0.434. The maximum Gasteiger partial charge on any atom is 0.418 e. The Labute approximate surface area is 333 Å². The van der Waals surface area contributed by atoms with E-state index in [2.05, 4.69) is 15.0 Å². The van der Waals surface area contributed by atoms with Gasteiger partial charge in [-0.2, -0.15) is 26.3 Å². The molecule has 0 saturated heterocycles. The third-order valence-corrected chi connectivity index (χ3v) is 9.95. The Hall–Kier alpha value is -7.75. The summed E-state index contributed by atoms with van der Waals surface area (Å²) in [6.07, 6.45) is -5.19. The predicted octanol–water partition coefficient (Wildman–Crippen LogP) is 11.1. The topological polar surface area (TPSA) is 92.1 Å². The van der Waals surface area contributed by atoms with Crippen molar-refractivity contribution in [1.29, 1.82) is 0 Å². The van der Waals surface area contributed by atoms with E-state index in [1.807, 2.05) is 0 Å². The standard InChI is InChI=1S/C44H24F7N9/c45-30-12-3-6-18-36(30)60-39(57-33-15-9-21-54-42(33)60)27-23-25(37-55-31-13-7-19-52-40(31)58(37)34-16-4-1-10-28(34)43(46,47)48)22-26(24-27)38-56-32-14-8-20-53-41(32)59(38)35-17-5-2-11-29(35)44(49,50)51/h1-24H. The highest BCUT2D eigenvalue weighted by Gasteiger charge is 2.36. The molecular weight excluding hydrogens is 788 g/mol. The molecule has 0 aliphatic carbocycles. The van der Waals surface area contributed by atoms with Gasteiger partial charge in [0.1, 0.15) is 39.8 Å². The van der Waals surface area contributed by atoms with Gasteiger partial charge in [0.15, 0.2) is 16.9 Å². The second-order valence-electron chi connectivity index (χ2n) is 13.6. The van der Waals surface area contributed by atoms with Crippen LogP contribution in [0.2, 0.25) is 0 Å². The van der Waals surface area contributed by atoms with Crippen molar-refractivity contribution in [1.82, 2.24) is 43.6 Å². The number of para-hydroxylation sites is 3. The summed E-state index contributed by atoms with van der Waals surface area (Å²) < 4.78 is 108. The number of imidazole rings is 3. The van der Waals surface area contributed by atoms with Crippen molar-refractivity contribution in [3.05, 3.63) is 163 Å². The molecule has 0 aliphatic heterocycles. The van der Waals surface area contributed by atoms with Gasteiger partial charge in [0.2, 0.25) is 0 Å². The molecule has 0 atom stereocenters. The first-order valence-corrected chi connectivity index (χ1v) is 18.2. The van der Waals surface area contributed by atoms with Gasteiger partial charge >= 0.3 is 12.4 Å². The van der Waals surface area contributed by atoms with E-state index in [4.69, 9.17) is 15.0 Å². The summed E-state index contributed by atoms with van der Waals surface area (Å²) in [6.45, 7) is 0. The van der Waals surface area contributed by atoms with E-state index in [0.29, 0.717) is 5.52 Å². The second kappa shape index (κ2) is 13.7. The molecule has 294 valence electrons.